The van der Waals surface area contributed by atoms with E-state index in [2.05, 4.69) is 28.0 Å². The van der Waals surface area contributed by atoms with Gasteiger partial charge in [-0.1, -0.05) is 0 Å². The zero-order valence-corrected chi connectivity index (χ0v) is 12.3. The van der Waals surface area contributed by atoms with Gasteiger partial charge in [-0.25, -0.2) is 4.98 Å². The number of hydrogen-bond donors (Lipinski definition) is 1. The lowest BCUT2D eigenvalue weighted by Gasteiger charge is -2.27. The first-order valence-corrected chi connectivity index (χ1v) is 7.26. The minimum Gasteiger partial charge on any atom is -0.394 e. The van der Waals surface area contributed by atoms with Crippen LogP contribution in [0.3, 0.4) is 0 Å². The highest BCUT2D eigenvalue weighted by molar-refractivity contribution is 7.98. The van der Waals surface area contributed by atoms with Crippen molar-refractivity contribution in [2.24, 2.45) is 0 Å². The van der Waals surface area contributed by atoms with Gasteiger partial charge in [0.05, 0.1) is 11.4 Å². The van der Waals surface area contributed by atoms with Crippen molar-refractivity contribution in [3.05, 3.63) is 11.0 Å². The molecule has 2 N–H and O–H groups in total. The fourth-order valence-electron chi connectivity index (χ4n) is 1.49. The van der Waals surface area contributed by atoms with Gasteiger partial charge >= 0.3 is 0 Å². The Hall–Kier alpha value is -0.680. The van der Waals surface area contributed by atoms with E-state index in [0.717, 1.165) is 23.7 Å². The molecule has 0 aliphatic rings. The summed E-state index contributed by atoms with van der Waals surface area (Å²) in [6.07, 6.45) is 3.19. The normalized spacial score (nSPS) is 12.5. The number of aromatic nitrogens is 2. The predicted octanol–water partition coefficient (Wildman–Crippen LogP) is 2.60. The maximum absolute atomic E-state index is 5.99. The topological polar surface area (TPSA) is 55.0 Å². The van der Waals surface area contributed by atoms with Gasteiger partial charge in [-0.05, 0) is 43.9 Å². The van der Waals surface area contributed by atoms with Crippen molar-refractivity contribution < 1.29 is 0 Å². The van der Waals surface area contributed by atoms with Gasteiger partial charge in [0.1, 0.15) is 0 Å². The minimum atomic E-state index is 0.246. The van der Waals surface area contributed by atoms with Gasteiger partial charge in [0.15, 0.2) is 5.82 Å². The van der Waals surface area contributed by atoms with Crippen LogP contribution in [-0.2, 0) is 0 Å². The van der Waals surface area contributed by atoms with Crippen LogP contribution in [0.4, 0.5) is 11.5 Å². The van der Waals surface area contributed by atoms with Crippen molar-refractivity contribution >= 4 is 34.9 Å². The summed E-state index contributed by atoms with van der Waals surface area (Å²) < 4.78 is 0. The summed E-state index contributed by atoms with van der Waals surface area (Å²) in [6.45, 7) is 3.99. The van der Waals surface area contributed by atoms with Crippen LogP contribution in [-0.4, -0.2) is 35.1 Å². The smallest absolute Gasteiger partial charge is 0.224 e. The van der Waals surface area contributed by atoms with Crippen LogP contribution in [0.15, 0.2) is 0 Å². The van der Waals surface area contributed by atoms with E-state index >= 15 is 0 Å². The molecule has 1 aromatic rings. The van der Waals surface area contributed by atoms with Crippen LogP contribution >= 0.6 is 23.4 Å². The van der Waals surface area contributed by atoms with E-state index in [9.17, 15) is 0 Å². The van der Waals surface area contributed by atoms with Crippen molar-refractivity contribution in [2.75, 3.05) is 29.7 Å². The Balaban J connectivity index is 2.91. The van der Waals surface area contributed by atoms with Crippen LogP contribution in [0, 0.1) is 6.92 Å². The predicted molar refractivity (Wildman–Crippen MR) is 77.1 cm³/mol. The SMILES string of the molecule is CSCCC(C)N(C)c1nc(Cl)nc(C)c1N. The van der Waals surface area contributed by atoms with Gasteiger partial charge in [-0.15, -0.1) is 0 Å². The molecule has 1 heterocycles. The van der Waals surface area contributed by atoms with Crippen molar-refractivity contribution in [2.45, 2.75) is 26.3 Å². The molecular formula is C11H19ClN4S. The third-order valence-electron chi connectivity index (χ3n) is 2.82. The summed E-state index contributed by atoms with van der Waals surface area (Å²) in [6, 6.07) is 0.370. The van der Waals surface area contributed by atoms with Crippen molar-refractivity contribution in [1.82, 2.24) is 9.97 Å². The van der Waals surface area contributed by atoms with Crippen LogP contribution in [0.1, 0.15) is 19.0 Å². The van der Waals surface area contributed by atoms with Crippen molar-refractivity contribution in [1.29, 1.82) is 0 Å². The van der Waals surface area contributed by atoms with E-state index < -0.39 is 0 Å². The fraction of sp³-hybridized carbons (Fsp3) is 0.636. The van der Waals surface area contributed by atoms with Gasteiger partial charge in [0.25, 0.3) is 0 Å². The summed E-state index contributed by atoms with van der Waals surface area (Å²) in [5.74, 6) is 1.83. The van der Waals surface area contributed by atoms with Crippen molar-refractivity contribution in [3.63, 3.8) is 0 Å². The molecular weight excluding hydrogens is 256 g/mol. The van der Waals surface area contributed by atoms with Crippen molar-refractivity contribution in [3.8, 4) is 0 Å². The molecule has 4 nitrogen and oxygen atoms in total. The van der Waals surface area contributed by atoms with E-state index in [-0.39, 0.29) is 5.28 Å². The average molecular weight is 275 g/mol. The summed E-state index contributed by atoms with van der Waals surface area (Å²) in [5, 5.41) is 0.246. The Morgan fingerprint density at radius 1 is 1.47 bits per heavy atom. The van der Waals surface area contributed by atoms with Crippen LogP contribution < -0.4 is 10.6 Å². The third-order valence-corrected chi connectivity index (χ3v) is 3.64. The van der Waals surface area contributed by atoms with Gasteiger partial charge in [0.2, 0.25) is 5.28 Å². The second kappa shape index (κ2) is 6.31. The highest BCUT2D eigenvalue weighted by Gasteiger charge is 2.16. The lowest BCUT2D eigenvalue weighted by atomic mass is 10.2. The van der Waals surface area contributed by atoms with Gasteiger partial charge < -0.3 is 10.6 Å². The molecule has 1 aromatic heterocycles. The highest BCUT2D eigenvalue weighted by Crippen LogP contribution is 2.25. The summed E-state index contributed by atoms with van der Waals surface area (Å²) in [5.41, 5.74) is 7.32. The molecule has 0 aromatic carbocycles. The van der Waals surface area contributed by atoms with E-state index in [1.54, 1.807) is 0 Å². The number of hydrogen-bond acceptors (Lipinski definition) is 5. The molecule has 0 fully saturated rings. The number of thioether (sulfide) groups is 1. The molecule has 0 aliphatic carbocycles. The zero-order chi connectivity index (χ0) is 13.0. The lowest BCUT2D eigenvalue weighted by molar-refractivity contribution is 0.662. The lowest BCUT2D eigenvalue weighted by Crippen LogP contribution is -2.31. The molecule has 0 bridgehead atoms. The molecule has 1 unspecified atom stereocenters. The van der Waals surface area contributed by atoms with E-state index in [1.165, 1.54) is 0 Å². The number of nitrogens with zero attached hydrogens (tertiary/aromatic N) is 3. The molecule has 0 saturated heterocycles. The Morgan fingerprint density at radius 2 is 2.12 bits per heavy atom. The Labute approximate surface area is 112 Å². The molecule has 96 valence electrons. The van der Waals surface area contributed by atoms with Crippen LogP contribution in [0.5, 0.6) is 0 Å². The van der Waals surface area contributed by atoms with Crippen LogP contribution in [0.25, 0.3) is 0 Å². The second-order valence-corrected chi connectivity index (χ2v) is 5.38. The average Bonchev–Trinajstić information content (AvgIpc) is 2.29. The number of nitrogen functional groups attached to an aromatic ring is 1. The van der Waals surface area contributed by atoms with Gasteiger partial charge in [0, 0.05) is 13.1 Å². The molecule has 1 rings (SSSR count). The van der Waals surface area contributed by atoms with E-state index in [4.69, 9.17) is 17.3 Å². The van der Waals surface area contributed by atoms with E-state index in [0.29, 0.717) is 11.7 Å². The first-order valence-electron chi connectivity index (χ1n) is 5.48. The van der Waals surface area contributed by atoms with Crippen LogP contribution in [0.2, 0.25) is 5.28 Å². The number of aryl methyl sites for hydroxylation is 1. The van der Waals surface area contributed by atoms with Gasteiger partial charge in [-0.3, -0.25) is 0 Å². The molecule has 17 heavy (non-hydrogen) atoms. The molecule has 6 heteroatoms. The monoisotopic (exact) mass is 274 g/mol. The number of halogens is 1. The highest BCUT2D eigenvalue weighted by atomic mass is 35.5. The zero-order valence-electron chi connectivity index (χ0n) is 10.7. The Kier molecular flexibility index (Phi) is 5.33. The second-order valence-electron chi connectivity index (χ2n) is 4.06. The minimum absolute atomic E-state index is 0.246. The number of anilines is 2. The maximum atomic E-state index is 5.99. The molecule has 0 aliphatic heterocycles. The molecule has 0 saturated carbocycles. The summed E-state index contributed by atoms with van der Waals surface area (Å²) in [7, 11) is 1.99. The standard InChI is InChI=1S/C11H19ClN4S/c1-7(5-6-17-4)16(3)10-9(13)8(2)14-11(12)15-10/h7H,5-6,13H2,1-4H3. The molecule has 0 radical (unpaired) electrons. The third kappa shape index (κ3) is 3.64. The number of rotatable bonds is 5. The molecule has 0 spiro atoms. The first-order chi connectivity index (χ1) is 7.97. The van der Waals surface area contributed by atoms with Gasteiger partial charge in [-0.2, -0.15) is 16.7 Å². The summed E-state index contributed by atoms with van der Waals surface area (Å²) >= 11 is 7.70. The Morgan fingerprint density at radius 3 is 2.71 bits per heavy atom. The fourth-order valence-corrected chi connectivity index (χ4v) is 2.28. The Bertz CT molecular complexity index is 386. The molecule has 1 atom stereocenters. The number of nitrogens with two attached hydrogens (primary N) is 1. The maximum Gasteiger partial charge on any atom is 0.224 e. The summed E-state index contributed by atoms with van der Waals surface area (Å²) in [4.78, 5) is 10.3. The largest absolute Gasteiger partial charge is 0.394 e. The first kappa shape index (κ1) is 14.4. The quantitative estimate of drug-likeness (QED) is 0.837. The van der Waals surface area contributed by atoms with E-state index in [1.807, 2.05) is 25.7 Å². The molecule has 0 amide bonds.